The van der Waals surface area contributed by atoms with E-state index in [1.54, 1.807) is 0 Å². The van der Waals surface area contributed by atoms with Crippen LogP contribution in [0.4, 0.5) is 0 Å². The standard InChI is InChI=1S/C12H20O8/c13-3-9(4-14)7-19-11(17)1-2-12(18)20-8-10(5-15)6-16/h1-2,9-10,13-16H,3-8H2/b2-1+. The maximum absolute atomic E-state index is 11.2. The predicted octanol–water partition coefficient (Wildman–Crippen LogP) is -2.17. The van der Waals surface area contributed by atoms with Gasteiger partial charge in [-0.15, -0.1) is 0 Å². The predicted molar refractivity (Wildman–Crippen MR) is 66.4 cm³/mol. The summed E-state index contributed by atoms with van der Waals surface area (Å²) in [6, 6.07) is 0. The summed E-state index contributed by atoms with van der Waals surface area (Å²) in [4.78, 5) is 22.3. The molecule has 0 unspecified atom stereocenters. The molecule has 0 saturated heterocycles. The molecule has 0 spiro atoms. The number of aliphatic hydroxyl groups excluding tert-OH is 4. The van der Waals surface area contributed by atoms with E-state index in [1.165, 1.54) is 0 Å². The van der Waals surface area contributed by atoms with Crippen molar-refractivity contribution in [1.29, 1.82) is 0 Å². The second-order valence-electron chi connectivity index (χ2n) is 4.06. The van der Waals surface area contributed by atoms with Gasteiger partial charge in [-0.05, 0) is 0 Å². The fourth-order valence-corrected chi connectivity index (χ4v) is 0.959. The summed E-state index contributed by atoms with van der Waals surface area (Å²) < 4.78 is 9.34. The molecule has 8 heteroatoms. The van der Waals surface area contributed by atoms with Gasteiger partial charge in [0, 0.05) is 24.0 Å². The molecule has 0 bridgehead atoms. The van der Waals surface area contributed by atoms with Crippen molar-refractivity contribution in [3.8, 4) is 0 Å². The Morgan fingerprint density at radius 3 is 1.30 bits per heavy atom. The van der Waals surface area contributed by atoms with Gasteiger partial charge in [-0.1, -0.05) is 0 Å². The molecular weight excluding hydrogens is 272 g/mol. The van der Waals surface area contributed by atoms with Crippen LogP contribution in [0.3, 0.4) is 0 Å². The Morgan fingerprint density at radius 1 is 0.750 bits per heavy atom. The minimum atomic E-state index is -0.810. The van der Waals surface area contributed by atoms with Gasteiger partial charge in [0.2, 0.25) is 0 Å². The monoisotopic (exact) mass is 292 g/mol. The van der Waals surface area contributed by atoms with Gasteiger partial charge in [0.05, 0.1) is 39.6 Å². The molecule has 8 nitrogen and oxygen atoms in total. The highest BCUT2D eigenvalue weighted by Crippen LogP contribution is 1.97. The van der Waals surface area contributed by atoms with Crippen LogP contribution in [0.2, 0.25) is 0 Å². The first-order valence-electron chi connectivity index (χ1n) is 6.02. The molecule has 0 aliphatic heterocycles. The Balaban J connectivity index is 3.96. The summed E-state index contributed by atoms with van der Waals surface area (Å²) in [6.45, 7) is -1.61. The molecule has 0 aliphatic rings. The van der Waals surface area contributed by atoms with Crippen molar-refractivity contribution in [1.82, 2.24) is 0 Å². The number of carbonyl (C=O) groups excluding carboxylic acids is 2. The van der Waals surface area contributed by atoms with Crippen LogP contribution in [-0.4, -0.2) is 72.0 Å². The molecule has 0 heterocycles. The summed E-state index contributed by atoms with van der Waals surface area (Å²) in [5.74, 6) is -2.74. The smallest absolute Gasteiger partial charge is 0.331 e. The molecule has 0 aromatic heterocycles. The molecule has 4 N–H and O–H groups in total. The van der Waals surface area contributed by atoms with Gasteiger partial charge in [-0.3, -0.25) is 0 Å². The summed E-state index contributed by atoms with van der Waals surface area (Å²) >= 11 is 0. The molecule has 0 atom stereocenters. The molecule has 0 aromatic rings. The van der Waals surface area contributed by atoms with E-state index in [2.05, 4.69) is 9.47 Å². The minimum absolute atomic E-state index is 0.164. The fourth-order valence-electron chi connectivity index (χ4n) is 0.959. The van der Waals surface area contributed by atoms with Crippen LogP contribution >= 0.6 is 0 Å². The van der Waals surface area contributed by atoms with Crippen LogP contribution in [0.15, 0.2) is 12.2 Å². The van der Waals surface area contributed by atoms with Crippen LogP contribution in [0.1, 0.15) is 0 Å². The van der Waals surface area contributed by atoms with Crippen molar-refractivity contribution in [2.75, 3.05) is 39.6 Å². The first kappa shape index (κ1) is 18.5. The topological polar surface area (TPSA) is 134 Å². The molecule has 20 heavy (non-hydrogen) atoms. The Labute approximate surface area is 116 Å². The first-order valence-corrected chi connectivity index (χ1v) is 6.02. The van der Waals surface area contributed by atoms with Crippen molar-refractivity contribution < 1.29 is 39.5 Å². The van der Waals surface area contributed by atoms with Crippen molar-refractivity contribution in [2.45, 2.75) is 0 Å². The largest absolute Gasteiger partial charge is 0.462 e. The normalized spacial score (nSPS) is 11.3. The van der Waals surface area contributed by atoms with Crippen LogP contribution < -0.4 is 0 Å². The van der Waals surface area contributed by atoms with Crippen LogP contribution in [0, 0.1) is 11.8 Å². The Kier molecular flexibility index (Phi) is 10.5. The Hall–Kier alpha value is -1.48. The zero-order chi connectivity index (χ0) is 15.4. The average Bonchev–Trinajstić information content (AvgIpc) is 2.47. The third-order valence-electron chi connectivity index (χ3n) is 2.31. The van der Waals surface area contributed by atoms with Crippen LogP contribution in [-0.2, 0) is 19.1 Å². The summed E-state index contributed by atoms with van der Waals surface area (Å²) in [6.07, 6.45) is 1.70. The molecule has 0 aliphatic carbocycles. The molecule has 0 amide bonds. The number of ether oxygens (including phenoxy) is 2. The van der Waals surface area contributed by atoms with Gasteiger partial charge < -0.3 is 29.9 Å². The van der Waals surface area contributed by atoms with E-state index in [1.807, 2.05) is 0 Å². The lowest BCUT2D eigenvalue weighted by Gasteiger charge is -2.10. The summed E-state index contributed by atoms with van der Waals surface area (Å²) in [7, 11) is 0. The number of aliphatic hydroxyl groups is 4. The molecule has 0 rings (SSSR count). The minimum Gasteiger partial charge on any atom is -0.462 e. The third-order valence-corrected chi connectivity index (χ3v) is 2.31. The van der Waals surface area contributed by atoms with Gasteiger partial charge in [0.15, 0.2) is 0 Å². The van der Waals surface area contributed by atoms with Crippen LogP contribution in [0.5, 0.6) is 0 Å². The average molecular weight is 292 g/mol. The van der Waals surface area contributed by atoms with E-state index < -0.39 is 23.8 Å². The molecule has 0 saturated carbocycles. The van der Waals surface area contributed by atoms with Crippen LogP contribution in [0.25, 0.3) is 0 Å². The highest BCUT2D eigenvalue weighted by atomic mass is 16.5. The zero-order valence-electron chi connectivity index (χ0n) is 11.0. The number of carbonyl (C=O) groups is 2. The van der Waals surface area contributed by atoms with Gasteiger partial charge in [0.1, 0.15) is 0 Å². The second-order valence-corrected chi connectivity index (χ2v) is 4.06. The van der Waals surface area contributed by atoms with Crippen molar-refractivity contribution >= 4 is 11.9 Å². The molecule has 0 aromatic carbocycles. The zero-order valence-corrected chi connectivity index (χ0v) is 11.0. The number of esters is 2. The van der Waals surface area contributed by atoms with Gasteiger partial charge in [-0.2, -0.15) is 0 Å². The molecular formula is C12H20O8. The molecule has 0 fully saturated rings. The van der Waals surface area contributed by atoms with Gasteiger partial charge >= 0.3 is 11.9 Å². The summed E-state index contributed by atoms with van der Waals surface area (Å²) in [5.41, 5.74) is 0. The van der Waals surface area contributed by atoms with E-state index in [0.717, 1.165) is 12.2 Å². The molecule has 116 valence electrons. The first-order chi connectivity index (χ1) is 9.57. The molecule has 0 radical (unpaired) electrons. The third kappa shape index (κ3) is 8.59. The van der Waals surface area contributed by atoms with E-state index in [0.29, 0.717) is 0 Å². The highest BCUT2D eigenvalue weighted by Gasteiger charge is 2.10. The quantitative estimate of drug-likeness (QED) is 0.264. The number of hydrogen-bond donors (Lipinski definition) is 4. The van der Waals surface area contributed by atoms with Crippen molar-refractivity contribution in [3.63, 3.8) is 0 Å². The van der Waals surface area contributed by atoms with Gasteiger partial charge in [0.25, 0.3) is 0 Å². The maximum atomic E-state index is 11.2. The van der Waals surface area contributed by atoms with Gasteiger partial charge in [-0.25, -0.2) is 9.59 Å². The Bertz CT molecular complexity index is 277. The SMILES string of the molecule is O=C(/C=C/C(=O)OCC(CO)CO)OCC(CO)CO. The van der Waals surface area contributed by atoms with Crippen molar-refractivity contribution in [2.24, 2.45) is 11.8 Å². The summed E-state index contributed by atoms with van der Waals surface area (Å²) in [5, 5.41) is 35.0. The van der Waals surface area contributed by atoms with E-state index in [4.69, 9.17) is 20.4 Å². The van der Waals surface area contributed by atoms with E-state index in [9.17, 15) is 9.59 Å². The highest BCUT2D eigenvalue weighted by molar-refractivity contribution is 5.91. The number of rotatable bonds is 10. The lowest BCUT2D eigenvalue weighted by atomic mass is 10.2. The fraction of sp³-hybridized carbons (Fsp3) is 0.667. The maximum Gasteiger partial charge on any atom is 0.331 e. The number of hydrogen-bond acceptors (Lipinski definition) is 8. The lowest BCUT2D eigenvalue weighted by molar-refractivity contribution is -0.142. The van der Waals surface area contributed by atoms with Crippen molar-refractivity contribution in [3.05, 3.63) is 12.2 Å². The second kappa shape index (κ2) is 11.4. The van der Waals surface area contributed by atoms with E-state index >= 15 is 0 Å². The van der Waals surface area contributed by atoms with E-state index in [-0.39, 0.29) is 39.6 Å². The Morgan fingerprint density at radius 2 is 1.05 bits per heavy atom. The lowest BCUT2D eigenvalue weighted by Crippen LogP contribution is -2.20.